The van der Waals surface area contributed by atoms with Crippen LogP contribution >= 0.6 is 11.6 Å². The maximum Gasteiger partial charge on any atom is 0.0409 e. The largest absolute Gasteiger partial charge is 0.313 e. The zero-order valence-electron chi connectivity index (χ0n) is 13.3. The van der Waals surface area contributed by atoms with Gasteiger partial charge in [-0.05, 0) is 24.2 Å². The van der Waals surface area contributed by atoms with E-state index in [1.807, 2.05) is 45.9 Å². The molecule has 108 valence electrons. The lowest BCUT2D eigenvalue weighted by Gasteiger charge is -2.01. The van der Waals surface area contributed by atoms with Crippen molar-refractivity contribution in [1.29, 1.82) is 0 Å². The fraction of sp³-hybridized carbons (Fsp3) is 0.625. The van der Waals surface area contributed by atoms with Gasteiger partial charge in [-0.25, -0.2) is 0 Å². The Morgan fingerprint density at radius 1 is 1.00 bits per heavy atom. The molecule has 1 aromatic carbocycles. The molecule has 2 heteroatoms. The van der Waals surface area contributed by atoms with Crippen LogP contribution in [0.4, 0.5) is 0 Å². The van der Waals surface area contributed by atoms with Crippen molar-refractivity contribution in [2.45, 2.75) is 61.4 Å². The van der Waals surface area contributed by atoms with Crippen molar-refractivity contribution < 1.29 is 0 Å². The van der Waals surface area contributed by atoms with E-state index in [1.54, 1.807) is 0 Å². The maximum atomic E-state index is 5.80. The van der Waals surface area contributed by atoms with Gasteiger partial charge in [0.15, 0.2) is 0 Å². The first-order chi connectivity index (χ1) is 8.74. The molecule has 0 heterocycles. The molecular weight excluding hydrogens is 242 g/mol. The summed E-state index contributed by atoms with van der Waals surface area (Å²) < 4.78 is 0. The Labute approximate surface area is 120 Å². The molecule has 0 aliphatic carbocycles. The summed E-state index contributed by atoms with van der Waals surface area (Å²) in [5.41, 5.74) is 1.24. The van der Waals surface area contributed by atoms with E-state index < -0.39 is 0 Å². The molecule has 0 saturated heterocycles. The monoisotopic (exact) mass is 273 g/mol. The average Bonchev–Trinajstić information content (AvgIpc) is 2.42. The summed E-state index contributed by atoms with van der Waals surface area (Å²) in [6, 6.07) is 7.89. The molecule has 1 rings (SSSR count). The summed E-state index contributed by atoms with van der Waals surface area (Å²) in [7, 11) is 0. The molecule has 0 amide bonds. The molecule has 0 aliphatic rings. The predicted octanol–water partition coefficient (Wildman–Crippen LogP) is 5.92. The third kappa shape index (κ3) is 17.9. The van der Waals surface area contributed by atoms with E-state index in [0.717, 1.165) is 18.1 Å². The highest BCUT2D eigenvalue weighted by Gasteiger charge is 1.91. The molecule has 0 unspecified atom stereocenters. The van der Waals surface area contributed by atoms with E-state index in [9.17, 15) is 0 Å². The van der Waals surface area contributed by atoms with E-state index in [-0.39, 0.29) is 0 Å². The van der Waals surface area contributed by atoms with E-state index in [2.05, 4.69) is 32.2 Å². The van der Waals surface area contributed by atoms with Crippen LogP contribution in [0.2, 0.25) is 5.02 Å². The summed E-state index contributed by atoms with van der Waals surface area (Å²) in [6.45, 7) is 16.2. The zero-order valence-corrected chi connectivity index (χ0v) is 14.1. The molecule has 1 aromatic rings. The molecule has 0 aromatic heterocycles. The van der Waals surface area contributed by atoms with Crippen molar-refractivity contribution in [3.05, 3.63) is 34.9 Å². The molecule has 0 radical (unpaired) electrons. The summed E-state index contributed by atoms with van der Waals surface area (Å²) in [4.78, 5) is 0. The number of benzene rings is 1. The van der Waals surface area contributed by atoms with Crippen molar-refractivity contribution in [1.82, 2.24) is 5.32 Å². The lowest BCUT2D eigenvalue weighted by Crippen LogP contribution is -2.11. The summed E-state index contributed by atoms with van der Waals surface area (Å²) >= 11 is 5.80. The van der Waals surface area contributed by atoms with Crippen LogP contribution < -0.4 is 5.32 Å². The Hall–Kier alpha value is -0.530. The number of hydrogen-bond donors (Lipinski definition) is 1. The second-order valence-corrected chi connectivity index (χ2v) is 3.55. The molecular formula is C16H32ClN. The van der Waals surface area contributed by atoms with E-state index >= 15 is 0 Å². The lowest BCUT2D eigenvalue weighted by atomic mass is 10.2. The first kappa shape index (κ1) is 22.6. The van der Waals surface area contributed by atoms with E-state index in [1.165, 1.54) is 12.0 Å². The number of hydrogen-bond acceptors (Lipinski definition) is 1. The Bertz CT molecular complexity index is 236. The molecule has 18 heavy (non-hydrogen) atoms. The van der Waals surface area contributed by atoms with Crippen LogP contribution in [-0.2, 0) is 6.54 Å². The fourth-order valence-corrected chi connectivity index (χ4v) is 1.13. The third-order valence-electron chi connectivity index (χ3n) is 1.47. The molecule has 1 nitrogen and oxygen atoms in total. The smallest absolute Gasteiger partial charge is 0.0409 e. The molecule has 0 bridgehead atoms. The highest BCUT2D eigenvalue weighted by Crippen LogP contribution is 2.09. The van der Waals surface area contributed by atoms with Gasteiger partial charge in [-0.2, -0.15) is 0 Å². The van der Waals surface area contributed by atoms with E-state index in [0.29, 0.717) is 0 Å². The van der Waals surface area contributed by atoms with Crippen molar-refractivity contribution in [2.75, 3.05) is 6.54 Å². The second-order valence-electron chi connectivity index (χ2n) is 3.12. The first-order valence-electron chi connectivity index (χ1n) is 7.19. The van der Waals surface area contributed by atoms with Gasteiger partial charge in [-0.15, -0.1) is 0 Å². The Morgan fingerprint density at radius 3 is 1.89 bits per heavy atom. The van der Waals surface area contributed by atoms with Gasteiger partial charge in [-0.1, -0.05) is 78.6 Å². The Kier molecular flexibility index (Phi) is 27.3. The van der Waals surface area contributed by atoms with Crippen LogP contribution in [0.1, 0.15) is 60.5 Å². The van der Waals surface area contributed by atoms with Crippen LogP contribution in [0.25, 0.3) is 0 Å². The highest BCUT2D eigenvalue weighted by molar-refractivity contribution is 6.30. The number of rotatable bonds is 3. The van der Waals surface area contributed by atoms with Gasteiger partial charge < -0.3 is 5.32 Å². The minimum atomic E-state index is 0.806. The van der Waals surface area contributed by atoms with Crippen LogP contribution in [0.3, 0.4) is 0 Å². The van der Waals surface area contributed by atoms with Crippen molar-refractivity contribution >= 4 is 11.6 Å². The topological polar surface area (TPSA) is 12.0 Å². The Balaban J connectivity index is -0.000000274. The zero-order chi connectivity index (χ0) is 14.8. The average molecular weight is 274 g/mol. The maximum absolute atomic E-state index is 5.80. The Morgan fingerprint density at radius 2 is 1.50 bits per heavy atom. The molecule has 0 aliphatic heterocycles. The number of halogens is 1. The molecule has 0 saturated carbocycles. The second kappa shape index (κ2) is 21.7. The highest BCUT2D eigenvalue weighted by atomic mass is 35.5. The molecule has 0 fully saturated rings. The summed E-state index contributed by atoms with van der Waals surface area (Å²) in [5.74, 6) is 0. The standard InChI is InChI=1S/C9H12ClN.C3H8.2C2H6/c1-2-11-7-8-4-3-5-9(10)6-8;1-3-2;2*1-2/h3-6,11H,2,7H2,1H3;3H2,1-2H3;2*1-2H3. The van der Waals surface area contributed by atoms with Gasteiger partial charge in [-0.3, -0.25) is 0 Å². The van der Waals surface area contributed by atoms with Gasteiger partial charge >= 0.3 is 0 Å². The summed E-state index contributed by atoms with van der Waals surface area (Å²) in [6.07, 6.45) is 1.25. The SMILES string of the molecule is CC.CC.CCC.CCNCc1cccc(Cl)c1. The van der Waals surface area contributed by atoms with Crippen molar-refractivity contribution in [3.8, 4) is 0 Å². The minimum Gasteiger partial charge on any atom is -0.313 e. The van der Waals surface area contributed by atoms with Crippen LogP contribution in [-0.4, -0.2) is 6.54 Å². The minimum absolute atomic E-state index is 0.806. The van der Waals surface area contributed by atoms with Gasteiger partial charge in [0.1, 0.15) is 0 Å². The summed E-state index contributed by atoms with van der Waals surface area (Å²) in [5, 5.41) is 4.04. The molecule has 1 N–H and O–H groups in total. The third-order valence-corrected chi connectivity index (χ3v) is 1.70. The van der Waals surface area contributed by atoms with Gasteiger partial charge in [0.05, 0.1) is 0 Å². The molecule has 0 atom stereocenters. The van der Waals surface area contributed by atoms with Crippen LogP contribution in [0.5, 0.6) is 0 Å². The quantitative estimate of drug-likeness (QED) is 0.721. The van der Waals surface area contributed by atoms with Crippen LogP contribution in [0, 0.1) is 0 Å². The fourth-order valence-electron chi connectivity index (χ4n) is 0.916. The van der Waals surface area contributed by atoms with Crippen molar-refractivity contribution in [3.63, 3.8) is 0 Å². The predicted molar refractivity (Wildman–Crippen MR) is 87.5 cm³/mol. The molecule has 0 spiro atoms. The number of nitrogens with one attached hydrogen (secondary N) is 1. The van der Waals surface area contributed by atoms with Gasteiger partial charge in [0, 0.05) is 11.6 Å². The lowest BCUT2D eigenvalue weighted by molar-refractivity contribution is 0.727. The van der Waals surface area contributed by atoms with Gasteiger partial charge in [0.2, 0.25) is 0 Å². The van der Waals surface area contributed by atoms with Crippen LogP contribution in [0.15, 0.2) is 24.3 Å². The van der Waals surface area contributed by atoms with E-state index in [4.69, 9.17) is 11.6 Å². The normalized spacial score (nSPS) is 7.78. The first-order valence-corrected chi connectivity index (χ1v) is 7.57. The van der Waals surface area contributed by atoms with Crippen molar-refractivity contribution in [2.24, 2.45) is 0 Å². The van der Waals surface area contributed by atoms with Gasteiger partial charge in [0.25, 0.3) is 0 Å².